The highest BCUT2D eigenvalue weighted by Gasteiger charge is 2.10. The van der Waals surface area contributed by atoms with Gasteiger partial charge in [0, 0.05) is 17.9 Å². The number of amides is 1. The monoisotopic (exact) mass is 269 g/mol. The van der Waals surface area contributed by atoms with Gasteiger partial charge < -0.3 is 16.8 Å². The molecule has 0 bridgehead atoms. The average molecular weight is 269 g/mol. The van der Waals surface area contributed by atoms with Gasteiger partial charge in [0.25, 0.3) is 5.91 Å². The molecule has 0 aliphatic heterocycles. The number of hydrogen-bond acceptors (Lipinski definition) is 3. The molecule has 2 rings (SSSR count). The summed E-state index contributed by atoms with van der Waals surface area (Å²) < 4.78 is 0. The van der Waals surface area contributed by atoms with Gasteiger partial charge in [-0.2, -0.15) is 0 Å². The third-order valence-corrected chi connectivity index (χ3v) is 3.28. The molecule has 0 radical (unpaired) electrons. The molecule has 2 aromatic rings. The predicted molar refractivity (Wildman–Crippen MR) is 82.7 cm³/mol. The Hall–Kier alpha value is -2.49. The number of carbonyl (C=O) groups is 1. The Morgan fingerprint density at radius 2 is 1.90 bits per heavy atom. The number of anilines is 2. The van der Waals surface area contributed by atoms with Crippen LogP contribution in [0.15, 0.2) is 48.5 Å². The van der Waals surface area contributed by atoms with Crippen molar-refractivity contribution in [1.29, 1.82) is 0 Å². The van der Waals surface area contributed by atoms with Crippen LogP contribution in [0, 0.1) is 0 Å². The molecule has 0 saturated heterocycles. The summed E-state index contributed by atoms with van der Waals surface area (Å²) in [7, 11) is 0. The Labute approximate surface area is 118 Å². The Morgan fingerprint density at radius 1 is 1.20 bits per heavy atom. The van der Waals surface area contributed by atoms with Crippen LogP contribution in [0.3, 0.4) is 0 Å². The normalized spacial score (nSPS) is 11.8. The number of benzene rings is 2. The van der Waals surface area contributed by atoms with Gasteiger partial charge in [0.05, 0.1) is 5.56 Å². The highest BCUT2D eigenvalue weighted by molar-refractivity contribution is 5.99. The van der Waals surface area contributed by atoms with Crippen LogP contribution in [0.1, 0.15) is 28.8 Å². The molecular formula is C16H19N3O. The van der Waals surface area contributed by atoms with E-state index in [1.165, 1.54) is 5.56 Å². The summed E-state index contributed by atoms with van der Waals surface area (Å²) in [4.78, 5) is 11.4. The van der Waals surface area contributed by atoms with Crippen LogP contribution in [-0.4, -0.2) is 12.5 Å². The third-order valence-electron chi connectivity index (χ3n) is 3.28. The number of nitrogen functional groups attached to an aromatic ring is 1. The van der Waals surface area contributed by atoms with Gasteiger partial charge in [0.15, 0.2) is 0 Å². The highest BCUT2D eigenvalue weighted by Crippen LogP contribution is 2.21. The van der Waals surface area contributed by atoms with Crippen LogP contribution in [0.4, 0.5) is 11.4 Å². The fourth-order valence-electron chi connectivity index (χ4n) is 2.08. The minimum Gasteiger partial charge on any atom is -0.399 e. The molecule has 4 nitrogen and oxygen atoms in total. The van der Waals surface area contributed by atoms with E-state index in [0.717, 1.165) is 5.69 Å². The van der Waals surface area contributed by atoms with E-state index >= 15 is 0 Å². The van der Waals surface area contributed by atoms with E-state index in [1.807, 2.05) is 18.2 Å². The van der Waals surface area contributed by atoms with Gasteiger partial charge in [-0.25, -0.2) is 0 Å². The topological polar surface area (TPSA) is 81.1 Å². The lowest BCUT2D eigenvalue weighted by Crippen LogP contribution is -2.17. The third kappa shape index (κ3) is 3.29. The molecule has 0 aromatic heterocycles. The van der Waals surface area contributed by atoms with Crippen LogP contribution in [0.25, 0.3) is 0 Å². The van der Waals surface area contributed by atoms with Crippen molar-refractivity contribution in [2.24, 2.45) is 5.73 Å². The van der Waals surface area contributed by atoms with Crippen LogP contribution in [0.2, 0.25) is 0 Å². The Balaban J connectivity index is 2.09. The SMILES string of the molecule is CC(CNc1ccc(N)cc1C(N)=O)c1ccccc1. The van der Waals surface area contributed by atoms with E-state index in [9.17, 15) is 4.79 Å². The van der Waals surface area contributed by atoms with Gasteiger partial charge in [-0.05, 0) is 29.7 Å². The molecular weight excluding hydrogens is 250 g/mol. The maximum atomic E-state index is 11.4. The molecule has 20 heavy (non-hydrogen) atoms. The van der Waals surface area contributed by atoms with Gasteiger partial charge in [0.1, 0.15) is 0 Å². The van der Waals surface area contributed by atoms with Crippen molar-refractivity contribution in [3.63, 3.8) is 0 Å². The summed E-state index contributed by atoms with van der Waals surface area (Å²) >= 11 is 0. The van der Waals surface area contributed by atoms with Crippen LogP contribution in [0.5, 0.6) is 0 Å². The first-order valence-corrected chi connectivity index (χ1v) is 6.56. The van der Waals surface area contributed by atoms with Crippen LogP contribution >= 0.6 is 0 Å². The summed E-state index contributed by atoms with van der Waals surface area (Å²) in [6, 6.07) is 15.3. The number of hydrogen-bond donors (Lipinski definition) is 3. The number of nitrogens with two attached hydrogens (primary N) is 2. The highest BCUT2D eigenvalue weighted by atomic mass is 16.1. The summed E-state index contributed by atoms with van der Waals surface area (Å²) in [6.07, 6.45) is 0. The molecule has 0 heterocycles. The van der Waals surface area contributed by atoms with E-state index in [-0.39, 0.29) is 0 Å². The molecule has 104 valence electrons. The zero-order valence-electron chi connectivity index (χ0n) is 11.5. The molecule has 0 saturated carbocycles. The molecule has 4 heteroatoms. The van der Waals surface area contributed by atoms with Crippen molar-refractivity contribution in [2.75, 3.05) is 17.6 Å². The lowest BCUT2D eigenvalue weighted by Gasteiger charge is -2.16. The van der Waals surface area contributed by atoms with Gasteiger partial charge in [-0.15, -0.1) is 0 Å². The second-order valence-corrected chi connectivity index (χ2v) is 4.86. The summed E-state index contributed by atoms with van der Waals surface area (Å²) in [5.74, 6) is -0.151. The zero-order valence-corrected chi connectivity index (χ0v) is 11.5. The predicted octanol–water partition coefficient (Wildman–Crippen LogP) is 2.58. The van der Waals surface area contributed by atoms with E-state index in [4.69, 9.17) is 11.5 Å². The van der Waals surface area contributed by atoms with Crippen LogP contribution in [-0.2, 0) is 0 Å². The second kappa shape index (κ2) is 6.10. The minimum absolute atomic E-state index is 0.328. The molecule has 2 aromatic carbocycles. The summed E-state index contributed by atoms with van der Waals surface area (Å²) in [6.45, 7) is 2.85. The molecule has 0 spiro atoms. The van der Waals surface area contributed by atoms with Crippen molar-refractivity contribution in [3.05, 3.63) is 59.7 Å². The molecule has 0 aliphatic carbocycles. The van der Waals surface area contributed by atoms with Gasteiger partial charge in [-0.1, -0.05) is 37.3 Å². The molecule has 1 unspecified atom stereocenters. The first-order chi connectivity index (χ1) is 9.58. The molecule has 1 atom stereocenters. The maximum absolute atomic E-state index is 11.4. The largest absolute Gasteiger partial charge is 0.399 e. The quantitative estimate of drug-likeness (QED) is 0.730. The molecule has 5 N–H and O–H groups in total. The first-order valence-electron chi connectivity index (χ1n) is 6.56. The van der Waals surface area contributed by atoms with E-state index in [1.54, 1.807) is 18.2 Å². The second-order valence-electron chi connectivity index (χ2n) is 4.86. The Morgan fingerprint density at radius 3 is 2.55 bits per heavy atom. The van der Waals surface area contributed by atoms with Gasteiger partial charge >= 0.3 is 0 Å². The van der Waals surface area contributed by atoms with Crippen molar-refractivity contribution < 1.29 is 4.79 Å². The van der Waals surface area contributed by atoms with Gasteiger partial charge in [0.2, 0.25) is 0 Å². The fourth-order valence-corrected chi connectivity index (χ4v) is 2.08. The standard InChI is InChI=1S/C16H19N3O/c1-11(12-5-3-2-4-6-12)10-19-15-8-7-13(17)9-14(15)16(18)20/h2-9,11,19H,10,17H2,1H3,(H2,18,20). The zero-order chi connectivity index (χ0) is 14.5. The summed E-state index contributed by atoms with van der Waals surface area (Å²) in [5.41, 5.74) is 14.0. The van der Waals surface area contributed by atoms with Crippen LogP contribution < -0.4 is 16.8 Å². The summed E-state index contributed by atoms with van der Waals surface area (Å²) in [5, 5.41) is 3.26. The van der Waals surface area contributed by atoms with Gasteiger partial charge in [-0.3, -0.25) is 4.79 Å². The smallest absolute Gasteiger partial charge is 0.250 e. The van der Waals surface area contributed by atoms with E-state index in [2.05, 4.69) is 24.4 Å². The first kappa shape index (κ1) is 13.9. The van der Waals surface area contributed by atoms with Crippen molar-refractivity contribution in [1.82, 2.24) is 0 Å². The minimum atomic E-state index is -0.479. The van der Waals surface area contributed by atoms with Crippen molar-refractivity contribution >= 4 is 17.3 Å². The molecule has 1 amide bonds. The van der Waals surface area contributed by atoms with Crippen molar-refractivity contribution in [3.8, 4) is 0 Å². The fraction of sp³-hybridized carbons (Fsp3) is 0.188. The number of nitrogens with one attached hydrogen (secondary N) is 1. The maximum Gasteiger partial charge on any atom is 0.250 e. The van der Waals surface area contributed by atoms with Crippen molar-refractivity contribution in [2.45, 2.75) is 12.8 Å². The lowest BCUT2D eigenvalue weighted by molar-refractivity contribution is 0.100. The Kier molecular flexibility index (Phi) is 4.25. The average Bonchev–Trinajstić information content (AvgIpc) is 2.46. The number of primary amides is 1. The number of rotatable bonds is 5. The lowest BCUT2D eigenvalue weighted by atomic mass is 10.0. The molecule has 0 fully saturated rings. The Bertz CT molecular complexity index is 596. The molecule has 0 aliphatic rings. The van der Waals surface area contributed by atoms with E-state index in [0.29, 0.717) is 23.7 Å². The number of carbonyl (C=O) groups excluding carboxylic acids is 1. The van der Waals surface area contributed by atoms with E-state index < -0.39 is 5.91 Å².